The third-order valence-corrected chi connectivity index (χ3v) is 4.03. The van der Waals surface area contributed by atoms with E-state index in [-0.39, 0.29) is 12.2 Å². The highest BCUT2D eigenvalue weighted by Crippen LogP contribution is 2.17. The van der Waals surface area contributed by atoms with Gasteiger partial charge in [-0.3, -0.25) is 0 Å². The second-order valence-corrected chi connectivity index (χ2v) is 5.93. The Morgan fingerprint density at radius 2 is 1.33 bits per heavy atom. The van der Waals surface area contributed by atoms with E-state index < -0.39 is 24.1 Å². The summed E-state index contributed by atoms with van der Waals surface area (Å²) in [6.45, 7) is 0. The van der Waals surface area contributed by atoms with Gasteiger partial charge in [0.05, 0.1) is 0 Å². The second kappa shape index (κ2) is 9.70. The van der Waals surface area contributed by atoms with Crippen LogP contribution in [0.15, 0.2) is 48.5 Å². The SMILES string of the molecule is COC(Cc1ccc(OC(=O)C(Cc2ccc(O)cc2)OC)cc1)C(=O)O. The largest absolute Gasteiger partial charge is 0.508 e. The zero-order valence-corrected chi connectivity index (χ0v) is 15.1. The van der Waals surface area contributed by atoms with Crippen LogP contribution in [0.1, 0.15) is 11.1 Å². The molecule has 144 valence electrons. The maximum Gasteiger partial charge on any atom is 0.340 e. The van der Waals surface area contributed by atoms with E-state index >= 15 is 0 Å². The van der Waals surface area contributed by atoms with Crippen molar-refractivity contribution in [2.75, 3.05) is 14.2 Å². The number of hydrogen-bond donors (Lipinski definition) is 2. The number of aromatic hydroxyl groups is 1. The van der Waals surface area contributed by atoms with Crippen LogP contribution in [0.5, 0.6) is 11.5 Å². The molecule has 0 radical (unpaired) electrons. The van der Waals surface area contributed by atoms with Gasteiger partial charge in [0.2, 0.25) is 0 Å². The Balaban J connectivity index is 1.97. The molecule has 7 heteroatoms. The van der Waals surface area contributed by atoms with Gasteiger partial charge in [-0.15, -0.1) is 0 Å². The molecule has 27 heavy (non-hydrogen) atoms. The fourth-order valence-corrected chi connectivity index (χ4v) is 2.47. The monoisotopic (exact) mass is 374 g/mol. The lowest BCUT2D eigenvalue weighted by Gasteiger charge is -2.15. The van der Waals surface area contributed by atoms with Crippen molar-refractivity contribution in [1.82, 2.24) is 0 Å². The van der Waals surface area contributed by atoms with Crippen molar-refractivity contribution in [3.05, 3.63) is 59.7 Å². The third kappa shape index (κ3) is 6.09. The molecule has 2 rings (SSSR count). The number of carbonyl (C=O) groups is 2. The molecule has 0 amide bonds. The molecule has 0 spiro atoms. The highest BCUT2D eigenvalue weighted by atomic mass is 16.6. The van der Waals surface area contributed by atoms with E-state index in [2.05, 4.69) is 0 Å². The number of ether oxygens (including phenoxy) is 3. The molecule has 0 aliphatic rings. The van der Waals surface area contributed by atoms with E-state index in [4.69, 9.17) is 19.3 Å². The van der Waals surface area contributed by atoms with Gasteiger partial charge in [0.15, 0.2) is 12.2 Å². The summed E-state index contributed by atoms with van der Waals surface area (Å²) in [5.41, 5.74) is 1.57. The van der Waals surface area contributed by atoms with Crippen LogP contribution in [0.25, 0.3) is 0 Å². The number of carbonyl (C=O) groups excluding carboxylic acids is 1. The summed E-state index contributed by atoms with van der Waals surface area (Å²) in [6, 6.07) is 13.0. The highest BCUT2D eigenvalue weighted by molar-refractivity contribution is 5.77. The Morgan fingerprint density at radius 3 is 1.81 bits per heavy atom. The molecule has 2 unspecified atom stereocenters. The van der Waals surface area contributed by atoms with E-state index in [1.165, 1.54) is 26.4 Å². The average molecular weight is 374 g/mol. The third-order valence-electron chi connectivity index (χ3n) is 4.03. The number of rotatable bonds is 9. The summed E-state index contributed by atoms with van der Waals surface area (Å²) < 4.78 is 15.5. The lowest BCUT2D eigenvalue weighted by atomic mass is 10.1. The van der Waals surface area contributed by atoms with Gasteiger partial charge in [0, 0.05) is 27.1 Å². The fraction of sp³-hybridized carbons (Fsp3) is 0.300. The van der Waals surface area contributed by atoms with Crippen molar-refractivity contribution in [1.29, 1.82) is 0 Å². The lowest BCUT2D eigenvalue weighted by molar-refractivity contribution is -0.148. The molecule has 2 aromatic carbocycles. The minimum Gasteiger partial charge on any atom is -0.508 e. The Kier molecular flexibility index (Phi) is 7.34. The van der Waals surface area contributed by atoms with Crippen molar-refractivity contribution in [2.24, 2.45) is 0 Å². The first-order valence-electron chi connectivity index (χ1n) is 8.30. The van der Waals surface area contributed by atoms with Crippen LogP contribution < -0.4 is 4.74 Å². The van der Waals surface area contributed by atoms with Crippen LogP contribution >= 0.6 is 0 Å². The summed E-state index contributed by atoms with van der Waals surface area (Å²) >= 11 is 0. The number of aliphatic carboxylic acids is 1. The number of carboxylic acids is 1. The first kappa shape index (κ1) is 20.4. The van der Waals surface area contributed by atoms with Gasteiger partial charge in [-0.2, -0.15) is 0 Å². The van der Waals surface area contributed by atoms with E-state index in [0.717, 1.165) is 11.1 Å². The van der Waals surface area contributed by atoms with Crippen molar-refractivity contribution in [3.63, 3.8) is 0 Å². The Bertz CT molecular complexity index is 753. The van der Waals surface area contributed by atoms with Crippen LogP contribution in [-0.4, -0.2) is 48.6 Å². The van der Waals surface area contributed by atoms with E-state index in [1.54, 1.807) is 36.4 Å². The van der Waals surface area contributed by atoms with E-state index in [1.807, 2.05) is 0 Å². The van der Waals surface area contributed by atoms with Crippen LogP contribution in [0.2, 0.25) is 0 Å². The molecule has 0 aliphatic heterocycles. The normalized spacial score (nSPS) is 13.0. The van der Waals surface area contributed by atoms with Gasteiger partial charge in [-0.05, 0) is 35.4 Å². The van der Waals surface area contributed by atoms with Crippen LogP contribution in [0.3, 0.4) is 0 Å². The minimum absolute atomic E-state index is 0.147. The number of phenols is 1. The molecule has 0 aliphatic carbocycles. The number of methoxy groups -OCH3 is 2. The van der Waals surface area contributed by atoms with Crippen LogP contribution in [0.4, 0.5) is 0 Å². The predicted molar refractivity (Wildman–Crippen MR) is 96.8 cm³/mol. The summed E-state index contributed by atoms with van der Waals surface area (Å²) in [7, 11) is 2.76. The number of phenolic OH excluding ortho intramolecular Hbond substituents is 1. The van der Waals surface area contributed by atoms with Crippen LogP contribution in [-0.2, 0) is 31.9 Å². The van der Waals surface area contributed by atoms with Crippen molar-refractivity contribution < 1.29 is 34.0 Å². The fourth-order valence-electron chi connectivity index (χ4n) is 2.47. The quantitative estimate of drug-likeness (QED) is 0.512. The number of hydrogen-bond acceptors (Lipinski definition) is 6. The molecular weight excluding hydrogens is 352 g/mol. The topological polar surface area (TPSA) is 102 Å². The summed E-state index contributed by atoms with van der Waals surface area (Å²) in [5.74, 6) is -1.10. The second-order valence-electron chi connectivity index (χ2n) is 5.93. The smallest absolute Gasteiger partial charge is 0.340 e. The summed E-state index contributed by atoms with van der Waals surface area (Å²) in [4.78, 5) is 23.3. The Hall–Kier alpha value is -2.90. The molecule has 2 atom stereocenters. The van der Waals surface area contributed by atoms with Gasteiger partial charge in [-0.25, -0.2) is 9.59 Å². The Morgan fingerprint density at radius 1 is 0.852 bits per heavy atom. The molecule has 0 saturated heterocycles. The van der Waals surface area contributed by atoms with Gasteiger partial charge >= 0.3 is 11.9 Å². The molecule has 2 aromatic rings. The molecule has 0 bridgehead atoms. The number of carboxylic acid groups (broad SMARTS) is 1. The van der Waals surface area contributed by atoms with Gasteiger partial charge in [0.25, 0.3) is 0 Å². The Labute approximate surface area is 157 Å². The van der Waals surface area contributed by atoms with E-state index in [9.17, 15) is 14.7 Å². The average Bonchev–Trinajstić information content (AvgIpc) is 2.66. The first-order valence-corrected chi connectivity index (χ1v) is 8.30. The van der Waals surface area contributed by atoms with Gasteiger partial charge < -0.3 is 24.4 Å². The molecule has 0 saturated carbocycles. The lowest BCUT2D eigenvalue weighted by Crippen LogP contribution is -2.29. The van der Waals surface area contributed by atoms with Crippen molar-refractivity contribution in [3.8, 4) is 11.5 Å². The van der Waals surface area contributed by atoms with E-state index in [0.29, 0.717) is 12.2 Å². The zero-order valence-electron chi connectivity index (χ0n) is 15.1. The molecule has 0 heterocycles. The molecule has 0 fully saturated rings. The predicted octanol–water partition coefficient (Wildman–Crippen LogP) is 2.20. The molecule has 2 N–H and O–H groups in total. The zero-order chi connectivity index (χ0) is 19.8. The minimum atomic E-state index is -1.04. The van der Waals surface area contributed by atoms with Gasteiger partial charge in [-0.1, -0.05) is 24.3 Å². The van der Waals surface area contributed by atoms with Crippen LogP contribution in [0, 0.1) is 0 Å². The van der Waals surface area contributed by atoms with Crippen molar-refractivity contribution in [2.45, 2.75) is 25.0 Å². The van der Waals surface area contributed by atoms with Gasteiger partial charge in [0.1, 0.15) is 11.5 Å². The standard InChI is InChI=1S/C20H22O7/c1-25-17(19(22)23)11-14-5-9-16(10-6-14)27-20(24)18(26-2)12-13-3-7-15(21)8-4-13/h3-10,17-18,21H,11-12H2,1-2H3,(H,22,23). The molecule has 0 aromatic heterocycles. The maximum atomic E-state index is 12.3. The summed E-state index contributed by atoms with van der Waals surface area (Å²) in [6.07, 6.45) is -1.20. The molecular formula is C20H22O7. The number of esters is 1. The van der Waals surface area contributed by atoms with Crippen molar-refractivity contribution >= 4 is 11.9 Å². The first-order chi connectivity index (χ1) is 12.9. The summed E-state index contributed by atoms with van der Waals surface area (Å²) in [5, 5.41) is 18.3. The highest BCUT2D eigenvalue weighted by Gasteiger charge is 2.21. The maximum absolute atomic E-state index is 12.3. The molecule has 7 nitrogen and oxygen atoms in total. The number of benzene rings is 2.